The van der Waals surface area contributed by atoms with Gasteiger partial charge in [0.05, 0.1) is 0 Å². The topological polar surface area (TPSA) is 59.1 Å². The molecule has 0 amide bonds. The Morgan fingerprint density at radius 2 is 0.702 bits per heavy atom. The van der Waals surface area contributed by atoms with Gasteiger partial charge in [0.2, 0.25) is 0 Å². The number of nitrogens with zero attached hydrogens (tertiary/aromatic N) is 2. The van der Waals surface area contributed by atoms with Crippen LogP contribution < -0.4 is 0 Å². The Kier molecular flexibility index (Phi) is 36.8. The predicted molar refractivity (Wildman–Crippen MR) is 202 cm³/mol. The number of carbonyl (C=O) groups excluding carboxylic acids is 2. The molecule has 0 aliphatic rings. The van der Waals surface area contributed by atoms with E-state index < -0.39 is 0 Å². The largest absolute Gasteiger partial charge is 0.464 e. The van der Waals surface area contributed by atoms with Gasteiger partial charge in [0.15, 0.2) is 0 Å². The summed E-state index contributed by atoms with van der Waals surface area (Å²) in [5, 5.41) is 0. The van der Waals surface area contributed by atoms with Crippen molar-refractivity contribution in [3.63, 3.8) is 0 Å². The normalized spacial score (nSPS) is 11.5. The standard InChI is InChI=1S/C41H82N2O4/c1-5-8-10-12-14-16-18-20-22-24-26-28-30-32-40(44)46-38-36-43(35-34-42(4)7-3)37-39-47-41(45)33-31-29-27-25-23-21-19-17-15-13-11-9-6-2/h5-39H2,1-4H3. The van der Waals surface area contributed by atoms with Crippen molar-refractivity contribution >= 4 is 11.9 Å². The van der Waals surface area contributed by atoms with Gasteiger partial charge >= 0.3 is 11.9 Å². The van der Waals surface area contributed by atoms with Crippen LogP contribution in [0.3, 0.4) is 0 Å². The summed E-state index contributed by atoms with van der Waals surface area (Å²) in [5.41, 5.74) is 0. The lowest BCUT2D eigenvalue weighted by Gasteiger charge is -2.24. The Morgan fingerprint density at radius 1 is 0.404 bits per heavy atom. The molecule has 0 aromatic carbocycles. The van der Waals surface area contributed by atoms with Crippen LogP contribution in [-0.2, 0) is 19.1 Å². The van der Waals surface area contributed by atoms with E-state index in [1.807, 2.05) is 0 Å². The van der Waals surface area contributed by atoms with Gasteiger partial charge in [-0.2, -0.15) is 0 Å². The lowest BCUT2D eigenvalue weighted by molar-refractivity contribution is -0.144. The van der Waals surface area contributed by atoms with Gasteiger partial charge in [-0.1, -0.05) is 175 Å². The Balaban J connectivity index is 3.86. The van der Waals surface area contributed by atoms with Crippen molar-refractivity contribution in [1.82, 2.24) is 9.80 Å². The van der Waals surface area contributed by atoms with Gasteiger partial charge < -0.3 is 14.4 Å². The molecule has 6 nitrogen and oxygen atoms in total. The second-order valence-corrected chi connectivity index (χ2v) is 14.2. The number of esters is 2. The number of ether oxygens (including phenoxy) is 2. The van der Waals surface area contributed by atoms with Gasteiger partial charge in [-0.25, -0.2) is 0 Å². The molecule has 0 fully saturated rings. The molecule has 0 saturated heterocycles. The minimum Gasteiger partial charge on any atom is -0.464 e. The summed E-state index contributed by atoms with van der Waals surface area (Å²) < 4.78 is 11.1. The molecular weight excluding hydrogens is 584 g/mol. The van der Waals surface area contributed by atoms with E-state index in [-0.39, 0.29) is 11.9 Å². The van der Waals surface area contributed by atoms with Crippen LogP contribution in [0.1, 0.15) is 201 Å². The fraction of sp³-hybridized carbons (Fsp3) is 0.951. The summed E-state index contributed by atoms with van der Waals surface area (Å²) >= 11 is 0. The van der Waals surface area contributed by atoms with Crippen molar-refractivity contribution in [1.29, 1.82) is 0 Å². The Morgan fingerprint density at radius 3 is 1.00 bits per heavy atom. The van der Waals surface area contributed by atoms with Gasteiger partial charge in [0.25, 0.3) is 0 Å². The van der Waals surface area contributed by atoms with Crippen molar-refractivity contribution in [3.8, 4) is 0 Å². The molecule has 0 spiro atoms. The highest BCUT2D eigenvalue weighted by Crippen LogP contribution is 2.14. The molecule has 0 heterocycles. The van der Waals surface area contributed by atoms with Gasteiger partial charge in [0.1, 0.15) is 13.2 Å². The monoisotopic (exact) mass is 667 g/mol. The molecule has 0 bridgehead atoms. The van der Waals surface area contributed by atoms with Crippen LogP contribution in [0.5, 0.6) is 0 Å². The molecule has 0 rings (SSSR count). The molecular formula is C41H82N2O4. The lowest BCUT2D eigenvalue weighted by Crippen LogP contribution is -2.37. The quantitative estimate of drug-likeness (QED) is 0.0483. The van der Waals surface area contributed by atoms with E-state index >= 15 is 0 Å². The number of carbonyl (C=O) groups is 2. The Hall–Kier alpha value is -1.14. The zero-order chi connectivity index (χ0) is 34.5. The second-order valence-electron chi connectivity index (χ2n) is 14.2. The van der Waals surface area contributed by atoms with E-state index in [1.165, 1.54) is 141 Å². The average molecular weight is 667 g/mol. The average Bonchev–Trinajstić information content (AvgIpc) is 3.07. The highest BCUT2D eigenvalue weighted by Gasteiger charge is 2.11. The summed E-state index contributed by atoms with van der Waals surface area (Å²) in [7, 11) is 2.11. The van der Waals surface area contributed by atoms with Gasteiger partial charge in [0, 0.05) is 39.0 Å². The van der Waals surface area contributed by atoms with Gasteiger partial charge in [-0.15, -0.1) is 0 Å². The Labute approximate surface area is 293 Å². The highest BCUT2D eigenvalue weighted by molar-refractivity contribution is 5.69. The number of unbranched alkanes of at least 4 members (excludes halogenated alkanes) is 24. The molecule has 47 heavy (non-hydrogen) atoms. The number of likely N-dealkylation sites (N-methyl/N-ethyl adjacent to an activating group) is 1. The smallest absolute Gasteiger partial charge is 0.305 e. The van der Waals surface area contributed by atoms with Crippen molar-refractivity contribution < 1.29 is 19.1 Å². The first-order valence-electron chi connectivity index (χ1n) is 20.8. The van der Waals surface area contributed by atoms with Gasteiger partial charge in [-0.3, -0.25) is 14.5 Å². The lowest BCUT2D eigenvalue weighted by atomic mass is 10.0. The highest BCUT2D eigenvalue weighted by atomic mass is 16.5. The molecule has 0 aromatic rings. The molecule has 0 aliphatic carbocycles. The minimum absolute atomic E-state index is 0.0806. The third kappa shape index (κ3) is 36.0. The van der Waals surface area contributed by atoms with E-state index in [9.17, 15) is 9.59 Å². The molecule has 0 saturated carbocycles. The summed E-state index contributed by atoms with van der Waals surface area (Å²) in [5.74, 6) is -0.161. The Bertz CT molecular complexity index is 611. The first-order valence-corrected chi connectivity index (χ1v) is 20.8. The maximum atomic E-state index is 12.3. The summed E-state index contributed by atoms with van der Waals surface area (Å²) in [6, 6.07) is 0. The van der Waals surface area contributed by atoms with E-state index in [4.69, 9.17) is 9.47 Å². The van der Waals surface area contributed by atoms with Gasteiger partial charge in [-0.05, 0) is 26.4 Å². The SMILES string of the molecule is CCCCCCCCCCCCCCCC(=O)OCCN(CCOC(=O)CCCCCCCCCCCCCCC)CCN(C)CC. The third-order valence-corrected chi connectivity index (χ3v) is 9.65. The second kappa shape index (κ2) is 37.7. The number of rotatable bonds is 38. The molecule has 0 radical (unpaired) electrons. The van der Waals surface area contributed by atoms with Crippen LogP contribution in [-0.4, -0.2) is 74.7 Å². The van der Waals surface area contributed by atoms with E-state index in [0.717, 1.165) is 45.3 Å². The molecule has 280 valence electrons. The maximum absolute atomic E-state index is 12.3. The minimum atomic E-state index is -0.0806. The van der Waals surface area contributed by atoms with Crippen LogP contribution in [0.15, 0.2) is 0 Å². The molecule has 6 heteroatoms. The van der Waals surface area contributed by atoms with Crippen molar-refractivity contribution in [3.05, 3.63) is 0 Å². The first-order chi connectivity index (χ1) is 23.0. The fourth-order valence-electron chi connectivity index (χ4n) is 6.10. The third-order valence-electron chi connectivity index (χ3n) is 9.65. The van der Waals surface area contributed by atoms with Crippen molar-refractivity contribution in [2.45, 2.75) is 201 Å². The van der Waals surface area contributed by atoms with E-state index in [0.29, 0.717) is 39.1 Å². The molecule has 0 aromatic heterocycles. The maximum Gasteiger partial charge on any atom is 0.305 e. The molecule has 0 unspecified atom stereocenters. The van der Waals surface area contributed by atoms with Crippen LogP contribution in [0.4, 0.5) is 0 Å². The van der Waals surface area contributed by atoms with Crippen LogP contribution in [0.25, 0.3) is 0 Å². The first kappa shape index (κ1) is 45.9. The van der Waals surface area contributed by atoms with Crippen molar-refractivity contribution in [2.24, 2.45) is 0 Å². The van der Waals surface area contributed by atoms with Crippen molar-refractivity contribution in [2.75, 3.05) is 53.0 Å². The summed E-state index contributed by atoms with van der Waals surface area (Å²) in [6.45, 7) is 11.7. The van der Waals surface area contributed by atoms with Crippen LogP contribution in [0, 0.1) is 0 Å². The number of hydrogen-bond acceptors (Lipinski definition) is 6. The molecule has 0 atom stereocenters. The number of hydrogen-bond donors (Lipinski definition) is 0. The van der Waals surface area contributed by atoms with E-state index in [1.54, 1.807) is 0 Å². The molecule has 0 N–H and O–H groups in total. The summed E-state index contributed by atoms with van der Waals surface area (Å²) in [6.07, 6.45) is 35.0. The molecule has 0 aliphatic heterocycles. The zero-order valence-corrected chi connectivity index (χ0v) is 32.3. The van der Waals surface area contributed by atoms with Crippen LogP contribution >= 0.6 is 0 Å². The summed E-state index contributed by atoms with van der Waals surface area (Å²) in [4.78, 5) is 29.1. The predicted octanol–water partition coefficient (Wildman–Crippen LogP) is 11.3. The van der Waals surface area contributed by atoms with Crippen LogP contribution in [0.2, 0.25) is 0 Å². The zero-order valence-electron chi connectivity index (χ0n) is 32.3. The fourth-order valence-corrected chi connectivity index (χ4v) is 6.10. The van der Waals surface area contributed by atoms with E-state index in [2.05, 4.69) is 37.6 Å².